The smallest absolute Gasteiger partial charge is 0.270 e. The van der Waals surface area contributed by atoms with Crippen molar-refractivity contribution in [2.45, 2.75) is 4.90 Å². The van der Waals surface area contributed by atoms with Crippen LogP contribution in [0.1, 0.15) is 0 Å². The van der Waals surface area contributed by atoms with Gasteiger partial charge in [-0.1, -0.05) is 0 Å². The van der Waals surface area contributed by atoms with E-state index in [0.29, 0.717) is 26.3 Å². The Kier molecular flexibility index (Phi) is 9.97. The molecular formula is C26H35N3O8S. The summed E-state index contributed by atoms with van der Waals surface area (Å²) in [6, 6.07) is 9.44. The molecule has 0 spiro atoms. The number of benzene rings is 2. The van der Waals surface area contributed by atoms with Crippen LogP contribution in [0.25, 0.3) is 10.9 Å². The number of hydrogen-bond donors (Lipinski definition) is 0. The second kappa shape index (κ2) is 13.0. The lowest BCUT2D eigenvalue weighted by atomic mass is 10.2. The molecule has 0 saturated heterocycles. The fraction of sp³-hybridized carbons (Fsp3) is 0.423. The zero-order valence-electron chi connectivity index (χ0n) is 22.6. The van der Waals surface area contributed by atoms with E-state index < -0.39 is 15.9 Å². The predicted octanol–water partition coefficient (Wildman–Crippen LogP) is 2.52. The van der Waals surface area contributed by atoms with Crippen molar-refractivity contribution < 1.29 is 36.9 Å². The number of aromatic nitrogens is 1. The number of sulfonamides is 1. The summed E-state index contributed by atoms with van der Waals surface area (Å²) < 4.78 is 57.5. The maximum atomic E-state index is 14.1. The highest BCUT2D eigenvalue weighted by atomic mass is 32.2. The van der Waals surface area contributed by atoms with Gasteiger partial charge in [0.25, 0.3) is 15.9 Å². The van der Waals surface area contributed by atoms with Gasteiger partial charge in [-0.25, -0.2) is 12.7 Å². The average molecular weight is 550 g/mol. The Hall–Kier alpha value is -3.32. The Morgan fingerprint density at radius 1 is 0.868 bits per heavy atom. The average Bonchev–Trinajstić information content (AvgIpc) is 3.29. The third-order valence-electron chi connectivity index (χ3n) is 6.09. The normalized spacial score (nSPS) is 11.7. The summed E-state index contributed by atoms with van der Waals surface area (Å²) in [5, 5.41) is 0.729. The highest BCUT2D eigenvalue weighted by molar-refractivity contribution is 7.93. The molecule has 3 aromatic rings. The van der Waals surface area contributed by atoms with E-state index >= 15 is 0 Å². The van der Waals surface area contributed by atoms with Crippen LogP contribution in [-0.2, 0) is 31.3 Å². The highest BCUT2D eigenvalue weighted by Gasteiger charge is 2.34. The van der Waals surface area contributed by atoms with Crippen LogP contribution in [0.2, 0.25) is 0 Å². The fourth-order valence-electron chi connectivity index (χ4n) is 4.09. The first-order valence-electron chi connectivity index (χ1n) is 11.8. The van der Waals surface area contributed by atoms with Crippen molar-refractivity contribution in [3.05, 3.63) is 42.6 Å². The topological polar surface area (TPSA) is 109 Å². The van der Waals surface area contributed by atoms with Gasteiger partial charge in [0.15, 0.2) is 11.5 Å². The number of amides is 1. The minimum absolute atomic E-state index is 0.0290. The van der Waals surface area contributed by atoms with Gasteiger partial charge in [0.2, 0.25) is 5.75 Å². The maximum absolute atomic E-state index is 14.1. The number of carbonyl (C=O) groups excluding carboxylic acids is 1. The minimum Gasteiger partial charge on any atom is -0.493 e. The second-order valence-electron chi connectivity index (χ2n) is 8.46. The molecule has 0 saturated carbocycles. The van der Waals surface area contributed by atoms with Crippen molar-refractivity contribution >= 4 is 32.5 Å². The first-order valence-corrected chi connectivity index (χ1v) is 13.3. The van der Waals surface area contributed by atoms with Gasteiger partial charge in [0.05, 0.1) is 51.7 Å². The number of rotatable bonds is 14. The van der Waals surface area contributed by atoms with Gasteiger partial charge in [-0.2, -0.15) is 0 Å². The number of nitrogens with zero attached hydrogens (tertiary/aromatic N) is 3. The molecular weight excluding hydrogens is 514 g/mol. The standard InChI is InChI=1S/C26H35N3O8S/c1-27-10-9-19-15-21(7-8-22(19)27)38(31,32)29(25(30)18-28(11-13-33-2)12-14-34-3)20-16-23(35-4)26(37-6)24(17-20)36-5/h7-10,15-17H,11-14,18H2,1-6H3. The van der Waals surface area contributed by atoms with Crippen LogP contribution in [0, 0.1) is 0 Å². The second-order valence-corrected chi connectivity index (χ2v) is 10.2. The van der Waals surface area contributed by atoms with Crippen LogP contribution in [0.5, 0.6) is 17.2 Å². The highest BCUT2D eigenvalue weighted by Crippen LogP contribution is 2.42. The summed E-state index contributed by atoms with van der Waals surface area (Å²) in [5.41, 5.74) is 0.913. The van der Waals surface area contributed by atoms with Crippen molar-refractivity contribution in [1.82, 2.24) is 9.47 Å². The van der Waals surface area contributed by atoms with E-state index in [2.05, 4.69) is 0 Å². The third kappa shape index (κ3) is 6.21. The van der Waals surface area contributed by atoms with E-state index in [1.165, 1.54) is 39.5 Å². The van der Waals surface area contributed by atoms with Crippen molar-refractivity contribution in [1.29, 1.82) is 0 Å². The first-order chi connectivity index (χ1) is 18.2. The van der Waals surface area contributed by atoms with E-state index in [-0.39, 0.29) is 34.4 Å². The summed E-state index contributed by atoms with van der Waals surface area (Å²) >= 11 is 0. The molecule has 1 heterocycles. The van der Waals surface area contributed by atoms with Gasteiger partial charge in [0, 0.05) is 63.6 Å². The number of hydrogen-bond acceptors (Lipinski definition) is 9. The van der Waals surface area contributed by atoms with Gasteiger partial charge < -0.3 is 28.3 Å². The molecule has 0 aliphatic heterocycles. The van der Waals surface area contributed by atoms with Crippen molar-refractivity contribution in [3.63, 3.8) is 0 Å². The van der Waals surface area contributed by atoms with E-state index in [9.17, 15) is 13.2 Å². The summed E-state index contributed by atoms with van der Waals surface area (Å²) in [6.07, 6.45) is 1.84. The van der Waals surface area contributed by atoms with E-state index in [1.54, 1.807) is 31.3 Å². The Morgan fingerprint density at radius 2 is 1.47 bits per heavy atom. The molecule has 0 bridgehead atoms. The van der Waals surface area contributed by atoms with E-state index in [1.807, 2.05) is 23.9 Å². The number of ether oxygens (including phenoxy) is 5. The minimum atomic E-state index is -4.36. The van der Waals surface area contributed by atoms with Crippen LogP contribution < -0.4 is 18.5 Å². The molecule has 0 fully saturated rings. The Bertz CT molecular complexity index is 1320. The summed E-state index contributed by atoms with van der Waals surface area (Å²) in [5.74, 6) is 0.0312. The van der Waals surface area contributed by atoms with Gasteiger partial charge >= 0.3 is 0 Å². The van der Waals surface area contributed by atoms with E-state index in [4.69, 9.17) is 23.7 Å². The zero-order chi connectivity index (χ0) is 27.9. The molecule has 208 valence electrons. The molecule has 3 rings (SSSR count). The van der Waals surface area contributed by atoms with Crippen LogP contribution in [0.4, 0.5) is 5.69 Å². The number of fused-ring (bicyclic) bond motifs is 1. The van der Waals surface area contributed by atoms with Gasteiger partial charge in [-0.15, -0.1) is 0 Å². The lowest BCUT2D eigenvalue weighted by Gasteiger charge is -2.28. The van der Waals surface area contributed by atoms with Gasteiger partial charge in [-0.3, -0.25) is 9.69 Å². The van der Waals surface area contributed by atoms with Crippen molar-refractivity contribution in [2.75, 3.05) is 72.7 Å². The first kappa shape index (κ1) is 29.2. The largest absolute Gasteiger partial charge is 0.493 e. The Labute approximate surface area is 223 Å². The molecule has 0 unspecified atom stereocenters. The molecule has 0 radical (unpaired) electrons. The number of anilines is 1. The van der Waals surface area contributed by atoms with Crippen LogP contribution in [0.3, 0.4) is 0 Å². The van der Waals surface area contributed by atoms with Crippen molar-refractivity contribution in [2.24, 2.45) is 7.05 Å². The molecule has 11 nitrogen and oxygen atoms in total. The zero-order valence-corrected chi connectivity index (χ0v) is 23.4. The molecule has 38 heavy (non-hydrogen) atoms. The molecule has 0 N–H and O–H groups in total. The lowest BCUT2D eigenvalue weighted by molar-refractivity contribution is -0.118. The number of carbonyl (C=O) groups is 1. The summed E-state index contributed by atoms with van der Waals surface area (Å²) in [4.78, 5) is 15.6. The van der Waals surface area contributed by atoms with Crippen LogP contribution in [0.15, 0.2) is 47.5 Å². The fourth-order valence-corrected chi connectivity index (χ4v) is 5.53. The Morgan fingerprint density at radius 3 is 2.00 bits per heavy atom. The van der Waals surface area contributed by atoms with Gasteiger partial charge in [-0.05, 0) is 24.3 Å². The molecule has 0 aliphatic rings. The summed E-state index contributed by atoms with van der Waals surface area (Å²) in [6.45, 7) is 1.34. The molecule has 0 aliphatic carbocycles. The van der Waals surface area contributed by atoms with Crippen LogP contribution >= 0.6 is 0 Å². The van der Waals surface area contributed by atoms with Crippen molar-refractivity contribution in [3.8, 4) is 17.2 Å². The molecule has 0 atom stereocenters. The monoisotopic (exact) mass is 549 g/mol. The molecule has 1 aromatic heterocycles. The quantitative estimate of drug-likeness (QED) is 0.300. The Balaban J connectivity index is 2.15. The predicted molar refractivity (Wildman–Crippen MR) is 144 cm³/mol. The third-order valence-corrected chi connectivity index (χ3v) is 7.83. The molecule has 2 aromatic carbocycles. The lowest BCUT2D eigenvalue weighted by Crippen LogP contribution is -2.45. The maximum Gasteiger partial charge on any atom is 0.270 e. The SMILES string of the molecule is COCCN(CCOC)CC(=O)N(c1cc(OC)c(OC)c(OC)c1)S(=O)(=O)c1ccc2c(ccn2C)c1. The number of aryl methyl sites for hydroxylation is 1. The molecule has 1 amide bonds. The van der Waals surface area contributed by atoms with Crippen LogP contribution in [-0.4, -0.2) is 92.2 Å². The summed E-state index contributed by atoms with van der Waals surface area (Å²) in [7, 11) is 4.91. The van der Waals surface area contributed by atoms with E-state index in [0.717, 1.165) is 15.2 Å². The molecule has 12 heteroatoms. The van der Waals surface area contributed by atoms with Gasteiger partial charge in [0.1, 0.15) is 0 Å². The number of methoxy groups -OCH3 is 5.